The lowest BCUT2D eigenvalue weighted by molar-refractivity contribution is 0.498. The van der Waals surface area contributed by atoms with Crippen molar-refractivity contribution in [1.82, 2.24) is 0 Å². The third-order valence-corrected chi connectivity index (χ3v) is 4.23. The Morgan fingerprint density at radius 2 is 1.67 bits per heavy atom. The number of nitrogens with two attached hydrogens (primary N) is 1. The zero-order valence-corrected chi connectivity index (χ0v) is 11.8. The third kappa shape index (κ3) is 3.06. The van der Waals surface area contributed by atoms with Crippen molar-refractivity contribution >= 4 is 33.0 Å². The van der Waals surface area contributed by atoms with Gasteiger partial charge >= 0.3 is 0 Å². The van der Waals surface area contributed by atoms with E-state index in [1.165, 1.54) is 18.2 Å². The summed E-state index contributed by atoms with van der Waals surface area (Å²) in [5, 5.41) is -0.0542. The summed E-state index contributed by atoms with van der Waals surface area (Å²) < 4.78 is 65.9. The highest BCUT2D eigenvalue weighted by molar-refractivity contribution is 7.92. The average molecular weight is 337 g/mol. The first kappa shape index (κ1) is 15.5. The predicted molar refractivity (Wildman–Crippen MR) is 73.0 cm³/mol. The first-order valence-corrected chi connectivity index (χ1v) is 7.30. The molecule has 0 atom stereocenters. The van der Waals surface area contributed by atoms with E-state index in [0.29, 0.717) is 0 Å². The molecule has 0 bridgehead atoms. The van der Waals surface area contributed by atoms with Crippen LogP contribution in [0.2, 0.25) is 5.02 Å². The van der Waals surface area contributed by atoms with E-state index in [2.05, 4.69) is 0 Å². The maximum absolute atomic E-state index is 13.5. The van der Waals surface area contributed by atoms with Gasteiger partial charge in [0.15, 0.2) is 4.90 Å². The van der Waals surface area contributed by atoms with Gasteiger partial charge in [0.1, 0.15) is 17.5 Å². The van der Waals surface area contributed by atoms with Crippen LogP contribution in [0.25, 0.3) is 0 Å². The molecule has 2 aromatic carbocycles. The number of para-hydroxylation sites is 1. The highest BCUT2D eigenvalue weighted by atomic mass is 35.5. The van der Waals surface area contributed by atoms with Crippen molar-refractivity contribution in [2.45, 2.75) is 4.90 Å². The monoisotopic (exact) mass is 336 g/mol. The topological polar surface area (TPSA) is 72.2 Å². The fourth-order valence-electron chi connectivity index (χ4n) is 1.62. The van der Waals surface area contributed by atoms with Crippen LogP contribution in [0, 0.1) is 17.5 Å². The second kappa shape index (κ2) is 5.45. The molecule has 9 heteroatoms. The highest BCUT2D eigenvalue weighted by Crippen LogP contribution is 2.31. The summed E-state index contributed by atoms with van der Waals surface area (Å²) in [7, 11) is -4.67. The summed E-state index contributed by atoms with van der Waals surface area (Å²) in [6, 6.07) is 4.67. The standard InChI is InChI=1S/C12H8ClF3N2O2S/c13-7-2-1-3-10(17)11(7)18-21(19,20)12-8(15)4-6(14)5-9(12)16/h1-5,18H,17H2. The summed E-state index contributed by atoms with van der Waals surface area (Å²) >= 11 is 5.77. The molecule has 0 amide bonds. The molecule has 0 radical (unpaired) electrons. The van der Waals surface area contributed by atoms with Crippen LogP contribution >= 0.6 is 11.6 Å². The van der Waals surface area contributed by atoms with Gasteiger partial charge in [-0.05, 0) is 12.1 Å². The first-order valence-electron chi connectivity index (χ1n) is 5.43. The van der Waals surface area contributed by atoms with Crippen LogP contribution in [0.15, 0.2) is 35.2 Å². The van der Waals surface area contributed by atoms with E-state index >= 15 is 0 Å². The van der Waals surface area contributed by atoms with E-state index in [9.17, 15) is 21.6 Å². The SMILES string of the molecule is Nc1cccc(Cl)c1NS(=O)(=O)c1c(F)cc(F)cc1F. The van der Waals surface area contributed by atoms with E-state index in [4.69, 9.17) is 17.3 Å². The number of rotatable bonds is 3. The van der Waals surface area contributed by atoms with Gasteiger partial charge in [0.2, 0.25) is 0 Å². The summed E-state index contributed by atoms with van der Waals surface area (Å²) in [5.41, 5.74) is 5.29. The molecule has 0 spiro atoms. The van der Waals surface area contributed by atoms with Crippen molar-refractivity contribution in [2.75, 3.05) is 10.5 Å². The fraction of sp³-hybridized carbons (Fsp3) is 0. The number of hydrogen-bond donors (Lipinski definition) is 2. The van der Waals surface area contributed by atoms with Gasteiger partial charge in [0.05, 0.1) is 16.4 Å². The van der Waals surface area contributed by atoms with Gasteiger partial charge in [-0.2, -0.15) is 0 Å². The second-order valence-corrected chi connectivity index (χ2v) is 6.03. The summed E-state index contributed by atoms with van der Waals surface area (Å²) in [6.45, 7) is 0. The Kier molecular flexibility index (Phi) is 4.02. The van der Waals surface area contributed by atoms with Crippen LogP contribution in [-0.4, -0.2) is 8.42 Å². The summed E-state index contributed by atoms with van der Waals surface area (Å²) in [4.78, 5) is -1.32. The van der Waals surface area contributed by atoms with Gasteiger partial charge in [0.25, 0.3) is 10.0 Å². The van der Waals surface area contributed by atoms with Crippen LogP contribution < -0.4 is 10.5 Å². The number of nitrogen functional groups attached to an aromatic ring is 1. The molecule has 2 aromatic rings. The second-order valence-electron chi connectivity index (χ2n) is 4.01. The smallest absolute Gasteiger partial charge is 0.267 e. The van der Waals surface area contributed by atoms with Crippen LogP contribution in [0.3, 0.4) is 0 Å². The number of hydrogen-bond acceptors (Lipinski definition) is 3. The van der Waals surface area contributed by atoms with E-state index in [1.54, 1.807) is 0 Å². The maximum Gasteiger partial charge on any atom is 0.267 e. The van der Waals surface area contributed by atoms with Crippen molar-refractivity contribution in [3.05, 3.63) is 52.8 Å². The Hall–Kier alpha value is -1.93. The lowest BCUT2D eigenvalue weighted by Crippen LogP contribution is -2.18. The molecule has 0 saturated heterocycles. The molecule has 0 fully saturated rings. The maximum atomic E-state index is 13.5. The van der Waals surface area contributed by atoms with Crippen LogP contribution in [0.4, 0.5) is 24.5 Å². The molecule has 0 aliphatic carbocycles. The Bertz CT molecular complexity index is 769. The molecule has 0 saturated carbocycles. The molecule has 0 aliphatic rings. The zero-order valence-electron chi connectivity index (χ0n) is 10.2. The molecule has 0 aromatic heterocycles. The zero-order chi connectivity index (χ0) is 15.8. The molecule has 0 unspecified atom stereocenters. The minimum Gasteiger partial charge on any atom is -0.397 e. The predicted octanol–water partition coefficient (Wildman–Crippen LogP) is 3.14. The molecular weight excluding hydrogens is 329 g/mol. The van der Waals surface area contributed by atoms with E-state index in [0.717, 1.165) is 0 Å². The van der Waals surface area contributed by atoms with E-state index in [-0.39, 0.29) is 28.5 Å². The number of nitrogens with one attached hydrogen (secondary N) is 1. The van der Waals surface area contributed by atoms with Gasteiger partial charge < -0.3 is 5.73 Å². The first-order chi connectivity index (χ1) is 9.72. The summed E-state index contributed by atoms with van der Waals surface area (Å²) in [6.07, 6.45) is 0. The van der Waals surface area contributed by atoms with Gasteiger partial charge in [0, 0.05) is 12.1 Å². The number of benzene rings is 2. The lowest BCUT2D eigenvalue weighted by atomic mass is 10.3. The van der Waals surface area contributed by atoms with Gasteiger partial charge in [-0.25, -0.2) is 21.6 Å². The van der Waals surface area contributed by atoms with Gasteiger partial charge in [-0.3, -0.25) is 4.72 Å². The molecule has 0 heterocycles. The normalized spacial score (nSPS) is 11.4. The van der Waals surface area contributed by atoms with Crippen molar-refractivity contribution in [3.63, 3.8) is 0 Å². The lowest BCUT2D eigenvalue weighted by Gasteiger charge is -2.13. The largest absolute Gasteiger partial charge is 0.397 e. The number of anilines is 2. The number of halogens is 4. The van der Waals surface area contributed by atoms with Crippen LogP contribution in [0.5, 0.6) is 0 Å². The third-order valence-electron chi connectivity index (χ3n) is 2.51. The van der Waals surface area contributed by atoms with Crippen molar-refractivity contribution in [2.24, 2.45) is 0 Å². The molecule has 112 valence electrons. The Morgan fingerprint density at radius 3 is 2.19 bits per heavy atom. The van der Waals surface area contributed by atoms with Crippen molar-refractivity contribution < 1.29 is 21.6 Å². The minimum atomic E-state index is -4.67. The van der Waals surface area contributed by atoms with E-state index in [1.807, 2.05) is 4.72 Å². The molecular formula is C12H8ClF3N2O2S. The molecule has 21 heavy (non-hydrogen) atoms. The number of sulfonamides is 1. The molecule has 0 aliphatic heterocycles. The minimum absolute atomic E-state index is 0.0333. The Labute approximate surface area is 123 Å². The van der Waals surface area contributed by atoms with E-state index < -0.39 is 32.4 Å². The Morgan fingerprint density at radius 1 is 1.10 bits per heavy atom. The molecule has 4 nitrogen and oxygen atoms in total. The Balaban J connectivity index is 2.54. The van der Waals surface area contributed by atoms with Gasteiger partial charge in [-0.1, -0.05) is 17.7 Å². The van der Waals surface area contributed by atoms with Crippen LogP contribution in [-0.2, 0) is 10.0 Å². The molecule has 2 rings (SSSR count). The van der Waals surface area contributed by atoms with Gasteiger partial charge in [-0.15, -0.1) is 0 Å². The van der Waals surface area contributed by atoms with Crippen molar-refractivity contribution in [3.8, 4) is 0 Å². The van der Waals surface area contributed by atoms with Crippen LogP contribution in [0.1, 0.15) is 0 Å². The molecule has 3 N–H and O–H groups in total. The quantitative estimate of drug-likeness (QED) is 0.846. The summed E-state index contributed by atoms with van der Waals surface area (Å²) in [5.74, 6) is -4.36. The highest BCUT2D eigenvalue weighted by Gasteiger charge is 2.26. The fourth-order valence-corrected chi connectivity index (χ4v) is 3.13. The van der Waals surface area contributed by atoms with Crippen molar-refractivity contribution in [1.29, 1.82) is 0 Å². The average Bonchev–Trinajstić information content (AvgIpc) is 2.32.